The van der Waals surface area contributed by atoms with Crippen molar-refractivity contribution in [1.82, 2.24) is 4.90 Å². The van der Waals surface area contributed by atoms with Crippen LogP contribution in [0.5, 0.6) is 0 Å². The van der Waals surface area contributed by atoms with E-state index in [9.17, 15) is 9.59 Å². The SMILES string of the molecule is Cc1cc(Cl)ccc1C(=O)N1CSC[C@H]1C(=O)O. The Balaban J connectivity index is 2.28. The van der Waals surface area contributed by atoms with E-state index in [1.54, 1.807) is 25.1 Å². The molecule has 4 nitrogen and oxygen atoms in total. The summed E-state index contributed by atoms with van der Waals surface area (Å²) >= 11 is 7.29. The Labute approximate surface area is 114 Å². The Bertz CT molecular complexity index is 506. The number of rotatable bonds is 2. The fourth-order valence-corrected chi connectivity index (χ4v) is 3.24. The first kappa shape index (κ1) is 13.2. The van der Waals surface area contributed by atoms with E-state index in [4.69, 9.17) is 16.7 Å². The fraction of sp³-hybridized carbons (Fsp3) is 0.333. The van der Waals surface area contributed by atoms with Gasteiger partial charge in [-0.3, -0.25) is 4.79 Å². The van der Waals surface area contributed by atoms with Crippen LogP contribution >= 0.6 is 23.4 Å². The van der Waals surface area contributed by atoms with Gasteiger partial charge in [0.2, 0.25) is 0 Å². The van der Waals surface area contributed by atoms with Gasteiger partial charge in [-0.05, 0) is 30.7 Å². The highest BCUT2D eigenvalue weighted by molar-refractivity contribution is 7.99. The standard InChI is InChI=1S/C12H12ClNO3S/c1-7-4-8(13)2-3-9(7)11(15)14-6-18-5-10(14)12(16)17/h2-4,10H,5-6H2,1H3,(H,16,17)/t10-/m0/s1. The third kappa shape index (κ3) is 2.47. The second kappa shape index (κ2) is 5.20. The fourth-order valence-electron chi connectivity index (χ4n) is 1.87. The molecule has 1 aliphatic heterocycles. The lowest BCUT2D eigenvalue weighted by molar-refractivity contribution is -0.140. The zero-order valence-electron chi connectivity index (χ0n) is 9.72. The Kier molecular flexibility index (Phi) is 3.82. The van der Waals surface area contributed by atoms with Crippen LogP contribution in [-0.4, -0.2) is 39.6 Å². The number of carboxylic acids is 1. The number of hydrogen-bond donors (Lipinski definition) is 1. The predicted octanol–water partition coefficient (Wildman–Crippen LogP) is 2.25. The van der Waals surface area contributed by atoms with Gasteiger partial charge in [-0.15, -0.1) is 11.8 Å². The highest BCUT2D eigenvalue weighted by Gasteiger charge is 2.35. The van der Waals surface area contributed by atoms with Gasteiger partial charge in [0.25, 0.3) is 5.91 Å². The van der Waals surface area contributed by atoms with Gasteiger partial charge in [0, 0.05) is 16.3 Å². The number of nitrogens with zero attached hydrogens (tertiary/aromatic N) is 1. The number of carboxylic acid groups (broad SMARTS) is 1. The third-order valence-electron chi connectivity index (χ3n) is 2.85. The van der Waals surface area contributed by atoms with Crippen LogP contribution in [0.4, 0.5) is 0 Å². The molecule has 6 heteroatoms. The van der Waals surface area contributed by atoms with Gasteiger partial charge >= 0.3 is 5.97 Å². The number of aliphatic carboxylic acids is 1. The molecule has 0 saturated carbocycles. The molecular formula is C12H12ClNO3S. The topological polar surface area (TPSA) is 57.6 Å². The van der Waals surface area contributed by atoms with Crippen LogP contribution in [0.25, 0.3) is 0 Å². The zero-order valence-corrected chi connectivity index (χ0v) is 11.3. The monoisotopic (exact) mass is 285 g/mol. The molecular weight excluding hydrogens is 274 g/mol. The maximum atomic E-state index is 12.3. The molecule has 1 saturated heterocycles. The van der Waals surface area contributed by atoms with Crippen LogP contribution in [0.15, 0.2) is 18.2 Å². The molecule has 0 bridgehead atoms. The van der Waals surface area contributed by atoms with Crippen LogP contribution in [0.2, 0.25) is 5.02 Å². The van der Waals surface area contributed by atoms with Crippen molar-refractivity contribution >= 4 is 35.2 Å². The number of carbonyl (C=O) groups excluding carboxylic acids is 1. The molecule has 1 aromatic carbocycles. The molecule has 0 aromatic heterocycles. The van der Waals surface area contributed by atoms with E-state index >= 15 is 0 Å². The van der Waals surface area contributed by atoms with Crippen LogP contribution in [-0.2, 0) is 4.79 Å². The first-order chi connectivity index (χ1) is 8.50. The van der Waals surface area contributed by atoms with Gasteiger partial charge in [0.05, 0.1) is 5.88 Å². The number of hydrogen-bond acceptors (Lipinski definition) is 3. The van der Waals surface area contributed by atoms with Crippen molar-refractivity contribution in [2.24, 2.45) is 0 Å². The molecule has 1 atom stereocenters. The van der Waals surface area contributed by atoms with Gasteiger partial charge in [-0.25, -0.2) is 4.79 Å². The third-order valence-corrected chi connectivity index (χ3v) is 4.09. The molecule has 0 radical (unpaired) electrons. The van der Waals surface area contributed by atoms with Crippen molar-refractivity contribution in [3.05, 3.63) is 34.3 Å². The van der Waals surface area contributed by atoms with E-state index < -0.39 is 12.0 Å². The summed E-state index contributed by atoms with van der Waals surface area (Å²) in [5, 5.41) is 9.63. The summed E-state index contributed by atoms with van der Waals surface area (Å²) in [6, 6.07) is 4.24. The van der Waals surface area contributed by atoms with E-state index in [0.29, 0.717) is 22.2 Å². The van der Waals surface area contributed by atoms with Crippen molar-refractivity contribution in [3.8, 4) is 0 Å². The largest absolute Gasteiger partial charge is 0.480 e. The molecule has 1 aromatic rings. The minimum absolute atomic E-state index is 0.249. The van der Waals surface area contributed by atoms with Crippen molar-refractivity contribution < 1.29 is 14.7 Å². The lowest BCUT2D eigenvalue weighted by Gasteiger charge is -2.21. The molecule has 1 amide bonds. The first-order valence-electron chi connectivity index (χ1n) is 5.38. The minimum Gasteiger partial charge on any atom is -0.480 e. The summed E-state index contributed by atoms with van der Waals surface area (Å²) in [7, 11) is 0. The molecule has 0 aliphatic carbocycles. The molecule has 0 unspecified atom stereocenters. The van der Waals surface area contributed by atoms with Crippen LogP contribution < -0.4 is 0 Å². The van der Waals surface area contributed by atoms with Gasteiger partial charge in [-0.1, -0.05) is 11.6 Å². The van der Waals surface area contributed by atoms with E-state index in [-0.39, 0.29) is 5.91 Å². The smallest absolute Gasteiger partial charge is 0.327 e. The van der Waals surface area contributed by atoms with E-state index in [2.05, 4.69) is 0 Å². The number of carbonyl (C=O) groups is 2. The number of halogens is 1. The maximum absolute atomic E-state index is 12.3. The van der Waals surface area contributed by atoms with Gasteiger partial charge in [0.1, 0.15) is 6.04 Å². The van der Waals surface area contributed by atoms with Crippen LogP contribution in [0.1, 0.15) is 15.9 Å². The van der Waals surface area contributed by atoms with Crippen LogP contribution in [0.3, 0.4) is 0 Å². The maximum Gasteiger partial charge on any atom is 0.327 e. The molecule has 1 fully saturated rings. The van der Waals surface area contributed by atoms with Gasteiger partial charge in [0.15, 0.2) is 0 Å². The minimum atomic E-state index is -0.958. The quantitative estimate of drug-likeness (QED) is 0.905. The van der Waals surface area contributed by atoms with Crippen molar-refractivity contribution in [2.75, 3.05) is 11.6 Å². The van der Waals surface area contributed by atoms with Crippen molar-refractivity contribution in [1.29, 1.82) is 0 Å². The Morgan fingerprint density at radius 1 is 1.50 bits per heavy atom. The summed E-state index contributed by atoms with van der Waals surface area (Å²) in [6.45, 7) is 1.79. The lowest BCUT2D eigenvalue weighted by atomic mass is 10.1. The number of aryl methyl sites for hydroxylation is 1. The molecule has 1 heterocycles. The molecule has 1 aliphatic rings. The summed E-state index contributed by atoms with van der Waals surface area (Å²) in [4.78, 5) is 24.8. The highest BCUT2D eigenvalue weighted by Crippen LogP contribution is 2.25. The molecule has 96 valence electrons. The Morgan fingerprint density at radius 3 is 2.83 bits per heavy atom. The summed E-state index contributed by atoms with van der Waals surface area (Å²) < 4.78 is 0. The Morgan fingerprint density at radius 2 is 2.22 bits per heavy atom. The highest BCUT2D eigenvalue weighted by atomic mass is 35.5. The molecule has 2 rings (SSSR count). The average Bonchev–Trinajstić information content (AvgIpc) is 2.77. The summed E-state index contributed by atoms with van der Waals surface area (Å²) in [5.41, 5.74) is 1.27. The van der Waals surface area contributed by atoms with Crippen molar-refractivity contribution in [2.45, 2.75) is 13.0 Å². The first-order valence-corrected chi connectivity index (χ1v) is 6.91. The Hall–Kier alpha value is -1.20. The van der Waals surface area contributed by atoms with E-state index in [1.807, 2.05) is 0 Å². The molecule has 1 N–H and O–H groups in total. The second-order valence-electron chi connectivity index (χ2n) is 4.09. The molecule has 18 heavy (non-hydrogen) atoms. The summed E-state index contributed by atoms with van der Waals surface area (Å²) in [5.74, 6) is -0.354. The zero-order chi connectivity index (χ0) is 13.3. The average molecular weight is 286 g/mol. The van der Waals surface area contributed by atoms with Crippen LogP contribution in [0, 0.1) is 6.92 Å². The van der Waals surface area contributed by atoms with Crippen molar-refractivity contribution in [3.63, 3.8) is 0 Å². The predicted molar refractivity (Wildman–Crippen MR) is 71.1 cm³/mol. The normalized spacial score (nSPS) is 19.0. The lowest BCUT2D eigenvalue weighted by Crippen LogP contribution is -2.41. The van der Waals surface area contributed by atoms with Gasteiger partial charge in [-0.2, -0.15) is 0 Å². The van der Waals surface area contributed by atoms with Gasteiger partial charge < -0.3 is 10.0 Å². The number of benzene rings is 1. The number of amides is 1. The summed E-state index contributed by atoms with van der Waals surface area (Å²) in [6.07, 6.45) is 0. The molecule has 0 spiro atoms. The second-order valence-corrected chi connectivity index (χ2v) is 5.52. The number of thioether (sulfide) groups is 1. The van der Waals surface area contributed by atoms with E-state index in [1.165, 1.54) is 16.7 Å². The van der Waals surface area contributed by atoms with E-state index in [0.717, 1.165) is 5.56 Å².